The predicted molar refractivity (Wildman–Crippen MR) is 82.9 cm³/mol. The van der Waals surface area contributed by atoms with E-state index in [2.05, 4.69) is 0 Å². The van der Waals surface area contributed by atoms with Gasteiger partial charge < -0.3 is 18.9 Å². The summed E-state index contributed by atoms with van der Waals surface area (Å²) in [5, 5.41) is 0. The van der Waals surface area contributed by atoms with Crippen molar-refractivity contribution in [2.45, 2.75) is 0 Å². The molecule has 5 heteroatoms. The first-order valence-electron chi connectivity index (χ1n) is 6.63. The third-order valence-corrected chi connectivity index (χ3v) is 3.32. The van der Waals surface area contributed by atoms with E-state index < -0.39 is 5.97 Å². The van der Waals surface area contributed by atoms with Gasteiger partial charge >= 0.3 is 5.97 Å². The maximum Gasteiger partial charge on any atom is 0.342 e. The molecule has 2 aromatic rings. The van der Waals surface area contributed by atoms with E-state index in [1.54, 1.807) is 26.4 Å². The lowest BCUT2D eigenvalue weighted by Crippen LogP contribution is -2.07. The molecule has 0 N–H and O–H groups in total. The minimum atomic E-state index is -0.467. The zero-order chi connectivity index (χ0) is 16.1. The highest BCUT2D eigenvalue weighted by molar-refractivity contribution is 6.00. The quantitative estimate of drug-likeness (QED) is 0.794. The van der Waals surface area contributed by atoms with Gasteiger partial charge in [0.1, 0.15) is 22.8 Å². The zero-order valence-corrected chi connectivity index (χ0v) is 13.0. The molecule has 0 heterocycles. The molecule has 0 aliphatic carbocycles. The SMILES string of the molecule is COC(=O)c1c(OC)cc(OC)cc1-c1ccc(OC)cc1. The Morgan fingerprint density at radius 2 is 1.45 bits per heavy atom. The molecule has 2 aromatic carbocycles. The summed E-state index contributed by atoms with van der Waals surface area (Å²) in [6.07, 6.45) is 0. The topological polar surface area (TPSA) is 54.0 Å². The Balaban J connectivity index is 2.66. The number of ether oxygens (including phenoxy) is 4. The Hall–Kier alpha value is -2.69. The molecule has 5 nitrogen and oxygen atoms in total. The Kier molecular flexibility index (Phi) is 4.88. The molecular weight excluding hydrogens is 284 g/mol. The predicted octanol–water partition coefficient (Wildman–Crippen LogP) is 3.17. The second-order valence-corrected chi connectivity index (χ2v) is 4.47. The molecular formula is C17H18O5. The van der Waals surface area contributed by atoms with Crippen LogP contribution in [-0.2, 0) is 4.74 Å². The maximum absolute atomic E-state index is 12.1. The first kappa shape index (κ1) is 15.7. The summed E-state index contributed by atoms with van der Waals surface area (Å²) in [4.78, 5) is 12.1. The normalized spacial score (nSPS) is 10.0. The first-order valence-corrected chi connectivity index (χ1v) is 6.63. The van der Waals surface area contributed by atoms with Crippen molar-refractivity contribution in [1.29, 1.82) is 0 Å². The third-order valence-electron chi connectivity index (χ3n) is 3.32. The lowest BCUT2D eigenvalue weighted by Gasteiger charge is -2.15. The minimum absolute atomic E-state index is 0.357. The van der Waals surface area contributed by atoms with Gasteiger partial charge in [-0.1, -0.05) is 12.1 Å². The van der Waals surface area contributed by atoms with Gasteiger partial charge in [0.25, 0.3) is 0 Å². The summed E-state index contributed by atoms with van der Waals surface area (Å²) in [6, 6.07) is 10.8. The maximum atomic E-state index is 12.1. The average molecular weight is 302 g/mol. The summed E-state index contributed by atoms with van der Waals surface area (Å²) >= 11 is 0. The van der Waals surface area contributed by atoms with Gasteiger partial charge in [-0.2, -0.15) is 0 Å². The number of rotatable bonds is 5. The summed E-state index contributed by atoms with van der Waals surface area (Å²) in [5.41, 5.74) is 1.86. The molecule has 116 valence electrons. The summed E-state index contributed by atoms with van der Waals surface area (Å²) < 4.78 is 20.6. The van der Waals surface area contributed by atoms with Gasteiger partial charge in [0.05, 0.1) is 28.4 Å². The second kappa shape index (κ2) is 6.85. The third kappa shape index (κ3) is 2.98. The van der Waals surface area contributed by atoms with Crippen molar-refractivity contribution in [3.8, 4) is 28.4 Å². The van der Waals surface area contributed by atoms with Gasteiger partial charge in [-0.15, -0.1) is 0 Å². The van der Waals surface area contributed by atoms with Gasteiger partial charge in [0, 0.05) is 11.6 Å². The lowest BCUT2D eigenvalue weighted by atomic mass is 9.98. The average Bonchev–Trinajstić information content (AvgIpc) is 2.59. The second-order valence-electron chi connectivity index (χ2n) is 4.47. The van der Waals surface area contributed by atoms with Crippen molar-refractivity contribution in [2.24, 2.45) is 0 Å². The zero-order valence-electron chi connectivity index (χ0n) is 13.0. The van der Waals surface area contributed by atoms with Crippen LogP contribution in [0.2, 0.25) is 0 Å². The van der Waals surface area contributed by atoms with Crippen LogP contribution < -0.4 is 14.2 Å². The van der Waals surface area contributed by atoms with Crippen molar-refractivity contribution in [3.05, 3.63) is 42.0 Å². The van der Waals surface area contributed by atoms with Gasteiger partial charge in [-0.05, 0) is 23.8 Å². The standard InChI is InChI=1S/C17H18O5/c1-19-12-7-5-11(6-8-12)14-9-13(20-2)10-15(21-3)16(14)17(18)22-4/h5-10H,1-4H3. The molecule has 2 rings (SSSR count). The monoisotopic (exact) mass is 302 g/mol. The Morgan fingerprint density at radius 1 is 0.818 bits per heavy atom. The number of methoxy groups -OCH3 is 4. The van der Waals surface area contributed by atoms with E-state index in [0.717, 1.165) is 11.3 Å². The van der Waals surface area contributed by atoms with E-state index in [1.165, 1.54) is 14.2 Å². The van der Waals surface area contributed by atoms with E-state index in [9.17, 15) is 4.79 Å². The first-order chi connectivity index (χ1) is 10.6. The van der Waals surface area contributed by atoms with Crippen LogP contribution in [0.3, 0.4) is 0 Å². The Morgan fingerprint density at radius 3 is 1.95 bits per heavy atom. The Bertz CT molecular complexity index is 661. The van der Waals surface area contributed by atoms with Crippen LogP contribution in [0.15, 0.2) is 36.4 Å². The van der Waals surface area contributed by atoms with Crippen LogP contribution in [0.5, 0.6) is 17.2 Å². The molecule has 0 bridgehead atoms. The highest BCUT2D eigenvalue weighted by atomic mass is 16.5. The van der Waals surface area contributed by atoms with Gasteiger partial charge in [-0.25, -0.2) is 4.79 Å². The fraction of sp³-hybridized carbons (Fsp3) is 0.235. The van der Waals surface area contributed by atoms with Crippen LogP contribution in [0.4, 0.5) is 0 Å². The highest BCUT2D eigenvalue weighted by Gasteiger charge is 2.21. The summed E-state index contributed by atoms with van der Waals surface area (Å²) in [6.45, 7) is 0. The molecule has 0 aromatic heterocycles. The van der Waals surface area contributed by atoms with Gasteiger partial charge in [0.2, 0.25) is 0 Å². The molecule has 0 saturated carbocycles. The van der Waals surface area contributed by atoms with Crippen molar-refractivity contribution < 1.29 is 23.7 Å². The van der Waals surface area contributed by atoms with Crippen LogP contribution in [0.1, 0.15) is 10.4 Å². The number of carbonyl (C=O) groups excluding carboxylic acids is 1. The summed E-state index contributed by atoms with van der Waals surface area (Å²) in [7, 11) is 6.00. The molecule has 0 radical (unpaired) electrons. The molecule has 0 aliphatic rings. The van der Waals surface area contributed by atoms with E-state index in [1.807, 2.05) is 24.3 Å². The number of benzene rings is 2. The van der Waals surface area contributed by atoms with Gasteiger partial charge in [0.15, 0.2) is 0 Å². The molecule has 0 saturated heterocycles. The number of hydrogen-bond acceptors (Lipinski definition) is 5. The molecule has 0 aliphatic heterocycles. The molecule has 0 spiro atoms. The van der Waals surface area contributed by atoms with Crippen molar-refractivity contribution in [2.75, 3.05) is 28.4 Å². The number of esters is 1. The number of carbonyl (C=O) groups is 1. The smallest absolute Gasteiger partial charge is 0.342 e. The fourth-order valence-electron chi connectivity index (χ4n) is 2.18. The number of hydrogen-bond donors (Lipinski definition) is 0. The summed E-state index contributed by atoms with van der Waals surface area (Å²) in [5.74, 6) is 1.26. The van der Waals surface area contributed by atoms with E-state index in [-0.39, 0.29) is 0 Å². The Labute approximate surface area is 129 Å². The van der Waals surface area contributed by atoms with E-state index in [0.29, 0.717) is 22.6 Å². The van der Waals surface area contributed by atoms with Crippen LogP contribution in [0, 0.1) is 0 Å². The van der Waals surface area contributed by atoms with Gasteiger partial charge in [-0.3, -0.25) is 0 Å². The van der Waals surface area contributed by atoms with Crippen LogP contribution in [0.25, 0.3) is 11.1 Å². The van der Waals surface area contributed by atoms with Crippen molar-refractivity contribution in [1.82, 2.24) is 0 Å². The van der Waals surface area contributed by atoms with Crippen molar-refractivity contribution in [3.63, 3.8) is 0 Å². The largest absolute Gasteiger partial charge is 0.497 e. The van der Waals surface area contributed by atoms with Crippen LogP contribution >= 0.6 is 0 Å². The minimum Gasteiger partial charge on any atom is -0.497 e. The molecule has 0 unspecified atom stereocenters. The molecule has 0 amide bonds. The van der Waals surface area contributed by atoms with E-state index >= 15 is 0 Å². The van der Waals surface area contributed by atoms with Crippen LogP contribution in [-0.4, -0.2) is 34.4 Å². The van der Waals surface area contributed by atoms with E-state index in [4.69, 9.17) is 18.9 Å². The van der Waals surface area contributed by atoms with Crippen molar-refractivity contribution >= 4 is 5.97 Å². The lowest BCUT2D eigenvalue weighted by molar-refractivity contribution is 0.0598. The molecule has 0 atom stereocenters. The fourth-order valence-corrected chi connectivity index (χ4v) is 2.18. The molecule has 22 heavy (non-hydrogen) atoms. The molecule has 0 fully saturated rings. The highest BCUT2D eigenvalue weighted by Crippen LogP contribution is 2.36.